The average molecular weight is 332 g/mol. The van der Waals surface area contributed by atoms with E-state index in [0.29, 0.717) is 5.71 Å². The quantitative estimate of drug-likeness (QED) is 0.586. The lowest BCUT2D eigenvalue weighted by Gasteiger charge is -2.08. The van der Waals surface area contributed by atoms with Crippen LogP contribution in [0.4, 0.5) is 0 Å². The number of rotatable bonds is 4. The summed E-state index contributed by atoms with van der Waals surface area (Å²) in [5.41, 5.74) is 4.74. The molecule has 6 nitrogen and oxygen atoms in total. The first-order valence-electron chi connectivity index (χ1n) is 7.68. The SMILES string of the molecule is Cn1nc(C(=O)NN=C(c2ccccc2)c2ccccc2)ccc1=O. The van der Waals surface area contributed by atoms with E-state index in [1.165, 1.54) is 19.2 Å². The minimum absolute atomic E-state index is 0.117. The monoisotopic (exact) mass is 332 g/mol. The minimum Gasteiger partial charge on any atom is -0.268 e. The van der Waals surface area contributed by atoms with Gasteiger partial charge >= 0.3 is 0 Å². The Balaban J connectivity index is 1.92. The Hall–Kier alpha value is -3.54. The van der Waals surface area contributed by atoms with Gasteiger partial charge in [0, 0.05) is 24.2 Å². The fraction of sp³-hybridized carbons (Fsp3) is 0.0526. The summed E-state index contributed by atoms with van der Waals surface area (Å²) in [6.07, 6.45) is 0. The number of benzene rings is 2. The van der Waals surface area contributed by atoms with Crippen molar-refractivity contribution in [1.29, 1.82) is 0 Å². The number of amides is 1. The molecule has 0 saturated carbocycles. The second kappa shape index (κ2) is 7.35. The molecule has 1 N–H and O–H groups in total. The molecule has 3 aromatic rings. The Bertz CT molecular complexity index is 922. The number of carbonyl (C=O) groups is 1. The molecule has 0 saturated heterocycles. The Kier molecular flexibility index (Phi) is 4.80. The van der Waals surface area contributed by atoms with Crippen LogP contribution in [0.5, 0.6) is 0 Å². The van der Waals surface area contributed by atoms with Gasteiger partial charge in [0.15, 0.2) is 5.69 Å². The van der Waals surface area contributed by atoms with Gasteiger partial charge in [0.05, 0.1) is 5.71 Å². The summed E-state index contributed by atoms with van der Waals surface area (Å²) >= 11 is 0. The van der Waals surface area contributed by atoms with Gasteiger partial charge in [0.25, 0.3) is 11.5 Å². The van der Waals surface area contributed by atoms with Crippen molar-refractivity contribution < 1.29 is 4.79 Å². The molecule has 2 aromatic carbocycles. The van der Waals surface area contributed by atoms with Crippen LogP contribution in [0, 0.1) is 0 Å². The molecule has 1 aromatic heterocycles. The van der Waals surface area contributed by atoms with Crippen LogP contribution in [0.1, 0.15) is 21.6 Å². The number of hydrazone groups is 1. The lowest BCUT2D eigenvalue weighted by atomic mass is 10.0. The van der Waals surface area contributed by atoms with Crippen molar-refractivity contribution in [2.24, 2.45) is 12.1 Å². The van der Waals surface area contributed by atoms with E-state index in [9.17, 15) is 9.59 Å². The van der Waals surface area contributed by atoms with Gasteiger partial charge in [-0.2, -0.15) is 10.2 Å². The molecular weight excluding hydrogens is 316 g/mol. The highest BCUT2D eigenvalue weighted by Gasteiger charge is 2.10. The van der Waals surface area contributed by atoms with Crippen molar-refractivity contribution in [2.75, 3.05) is 0 Å². The number of carbonyl (C=O) groups excluding carboxylic acids is 1. The van der Waals surface area contributed by atoms with E-state index < -0.39 is 5.91 Å². The largest absolute Gasteiger partial charge is 0.291 e. The standard InChI is InChI=1S/C19H16N4O2/c1-23-17(24)13-12-16(22-23)19(25)21-20-18(14-8-4-2-5-9-14)15-10-6-3-7-11-15/h2-13H,1H3,(H,21,25). The molecule has 3 rings (SSSR count). The highest BCUT2D eigenvalue weighted by Crippen LogP contribution is 2.10. The van der Waals surface area contributed by atoms with Crippen LogP contribution in [0.15, 0.2) is 82.7 Å². The van der Waals surface area contributed by atoms with E-state index >= 15 is 0 Å². The third kappa shape index (κ3) is 3.87. The van der Waals surface area contributed by atoms with Gasteiger partial charge in [-0.05, 0) is 6.07 Å². The molecule has 0 radical (unpaired) electrons. The third-order valence-corrected chi connectivity index (χ3v) is 3.56. The van der Waals surface area contributed by atoms with Crippen LogP contribution in [0.2, 0.25) is 0 Å². The molecule has 0 fully saturated rings. The van der Waals surface area contributed by atoms with E-state index in [0.717, 1.165) is 15.8 Å². The van der Waals surface area contributed by atoms with Crippen molar-refractivity contribution in [1.82, 2.24) is 15.2 Å². The summed E-state index contributed by atoms with van der Waals surface area (Å²) < 4.78 is 1.11. The van der Waals surface area contributed by atoms with Gasteiger partial charge in [-0.15, -0.1) is 0 Å². The van der Waals surface area contributed by atoms with Crippen molar-refractivity contribution in [2.45, 2.75) is 0 Å². The van der Waals surface area contributed by atoms with Crippen LogP contribution in [-0.2, 0) is 7.05 Å². The predicted molar refractivity (Wildman–Crippen MR) is 95.5 cm³/mol. The first-order valence-corrected chi connectivity index (χ1v) is 7.68. The number of aryl methyl sites for hydroxylation is 1. The van der Waals surface area contributed by atoms with Gasteiger partial charge in [-0.1, -0.05) is 60.7 Å². The van der Waals surface area contributed by atoms with Gasteiger partial charge in [-0.3, -0.25) is 9.59 Å². The van der Waals surface area contributed by atoms with Crippen LogP contribution in [0.3, 0.4) is 0 Å². The molecule has 0 bridgehead atoms. The van der Waals surface area contributed by atoms with Crippen LogP contribution in [0.25, 0.3) is 0 Å². The fourth-order valence-electron chi connectivity index (χ4n) is 2.28. The Morgan fingerprint density at radius 3 is 2.00 bits per heavy atom. The minimum atomic E-state index is -0.486. The molecule has 124 valence electrons. The van der Waals surface area contributed by atoms with E-state index in [-0.39, 0.29) is 11.3 Å². The predicted octanol–water partition coefficient (Wildman–Crippen LogP) is 1.96. The molecule has 25 heavy (non-hydrogen) atoms. The van der Waals surface area contributed by atoms with Crippen LogP contribution < -0.4 is 11.0 Å². The summed E-state index contributed by atoms with van der Waals surface area (Å²) in [6.45, 7) is 0. The summed E-state index contributed by atoms with van der Waals surface area (Å²) in [4.78, 5) is 23.7. The molecule has 6 heteroatoms. The van der Waals surface area contributed by atoms with Crippen LogP contribution >= 0.6 is 0 Å². The van der Waals surface area contributed by atoms with Crippen molar-refractivity contribution >= 4 is 11.6 Å². The van der Waals surface area contributed by atoms with E-state index in [2.05, 4.69) is 15.6 Å². The molecule has 0 atom stereocenters. The second-order valence-electron chi connectivity index (χ2n) is 5.31. The second-order valence-corrected chi connectivity index (χ2v) is 5.31. The van der Waals surface area contributed by atoms with Gasteiger partial charge in [0.2, 0.25) is 0 Å². The van der Waals surface area contributed by atoms with Crippen molar-refractivity contribution in [3.8, 4) is 0 Å². The summed E-state index contributed by atoms with van der Waals surface area (Å²) in [7, 11) is 1.49. The number of aromatic nitrogens is 2. The topological polar surface area (TPSA) is 76.3 Å². The zero-order valence-electron chi connectivity index (χ0n) is 13.6. The first-order chi connectivity index (χ1) is 12.1. The maximum atomic E-state index is 12.3. The Labute approximate surface area is 144 Å². The molecule has 0 aliphatic carbocycles. The lowest BCUT2D eigenvalue weighted by molar-refractivity contribution is 0.0947. The molecule has 0 aliphatic heterocycles. The van der Waals surface area contributed by atoms with Crippen molar-refractivity contribution in [3.05, 3.63) is 100.0 Å². The maximum Gasteiger partial charge on any atom is 0.291 e. The number of nitrogens with zero attached hydrogens (tertiary/aromatic N) is 3. The highest BCUT2D eigenvalue weighted by atomic mass is 16.2. The first kappa shape index (κ1) is 16.3. The normalized spacial score (nSPS) is 10.1. The number of hydrogen-bond acceptors (Lipinski definition) is 4. The van der Waals surface area contributed by atoms with E-state index in [1.807, 2.05) is 60.7 Å². The summed E-state index contributed by atoms with van der Waals surface area (Å²) in [5, 5.41) is 8.20. The molecule has 0 aliphatic rings. The lowest BCUT2D eigenvalue weighted by Crippen LogP contribution is -2.26. The van der Waals surface area contributed by atoms with E-state index in [4.69, 9.17) is 0 Å². The third-order valence-electron chi connectivity index (χ3n) is 3.56. The zero-order valence-corrected chi connectivity index (χ0v) is 13.6. The number of hydrogen-bond donors (Lipinski definition) is 1. The molecule has 1 heterocycles. The fourth-order valence-corrected chi connectivity index (χ4v) is 2.28. The van der Waals surface area contributed by atoms with Gasteiger partial charge < -0.3 is 0 Å². The summed E-state index contributed by atoms with van der Waals surface area (Å²) in [6, 6.07) is 21.8. The smallest absolute Gasteiger partial charge is 0.268 e. The Morgan fingerprint density at radius 1 is 0.920 bits per heavy atom. The van der Waals surface area contributed by atoms with Gasteiger partial charge in [-0.25, -0.2) is 10.1 Å². The molecule has 1 amide bonds. The number of nitrogens with one attached hydrogen (secondary N) is 1. The molecule has 0 spiro atoms. The Morgan fingerprint density at radius 2 is 1.48 bits per heavy atom. The highest BCUT2D eigenvalue weighted by molar-refractivity contribution is 6.13. The molecule has 0 unspecified atom stereocenters. The van der Waals surface area contributed by atoms with E-state index in [1.54, 1.807) is 0 Å². The zero-order chi connectivity index (χ0) is 17.6. The molecular formula is C19H16N4O2. The van der Waals surface area contributed by atoms with Crippen molar-refractivity contribution in [3.63, 3.8) is 0 Å². The van der Waals surface area contributed by atoms with Gasteiger partial charge in [0.1, 0.15) is 0 Å². The van der Waals surface area contributed by atoms with Crippen LogP contribution in [-0.4, -0.2) is 21.4 Å². The summed E-state index contributed by atoms with van der Waals surface area (Å²) in [5.74, 6) is -0.486. The maximum absolute atomic E-state index is 12.3. The average Bonchev–Trinajstić information content (AvgIpc) is 2.66.